The third-order valence-electron chi connectivity index (χ3n) is 8.70. The Kier molecular flexibility index (Phi) is 7.53. The summed E-state index contributed by atoms with van der Waals surface area (Å²) in [5.74, 6) is 0. The zero-order valence-corrected chi connectivity index (χ0v) is 31.9. The second-order valence-electron chi connectivity index (χ2n) is 14.7. The van der Waals surface area contributed by atoms with Crippen LogP contribution in [0.5, 0.6) is 0 Å². The zero-order chi connectivity index (χ0) is 42.0. The maximum absolute atomic E-state index is 8.91. The van der Waals surface area contributed by atoms with Crippen molar-refractivity contribution in [2.24, 2.45) is 5.41 Å². The van der Waals surface area contributed by atoms with Crippen molar-refractivity contribution < 1.29 is 35.5 Å². The number of furan rings is 1. The fourth-order valence-corrected chi connectivity index (χ4v) is 6.21. The number of hydrogen-bond donors (Lipinski definition) is 0. The van der Waals surface area contributed by atoms with Crippen LogP contribution < -0.4 is 0 Å². The molecule has 0 aliphatic heterocycles. The Morgan fingerprint density at radius 2 is 1.45 bits per heavy atom. The summed E-state index contributed by atoms with van der Waals surface area (Å²) in [5, 5.41) is 4.77. The summed E-state index contributed by atoms with van der Waals surface area (Å²) in [7, 11) is 0. The van der Waals surface area contributed by atoms with E-state index in [-0.39, 0.29) is 53.5 Å². The normalized spacial score (nSPS) is 14.9. The minimum Gasteiger partial charge on any atom is -0.500 e. The van der Waals surface area contributed by atoms with Crippen molar-refractivity contribution in [2.45, 2.75) is 67.0 Å². The van der Waals surface area contributed by atoms with E-state index in [1.807, 2.05) is 79.0 Å². The minimum atomic E-state index is -2.59. The van der Waals surface area contributed by atoms with Crippen LogP contribution in [0.15, 0.2) is 114 Å². The zero-order valence-electron chi connectivity index (χ0n) is 37.5. The van der Waals surface area contributed by atoms with Gasteiger partial charge in [0.05, 0.1) is 5.58 Å². The van der Waals surface area contributed by atoms with Gasteiger partial charge in [0, 0.05) is 54.2 Å². The Bertz CT molecular complexity index is 2800. The topological polar surface area (TPSA) is 38.9 Å². The summed E-state index contributed by atoms with van der Waals surface area (Å²) in [6.45, 7) is 6.64. The average Bonchev–Trinajstić information content (AvgIpc) is 3.56. The predicted molar refractivity (Wildman–Crippen MR) is 211 cm³/mol. The molecular weight excluding hydrogens is 801 g/mol. The first-order chi connectivity index (χ1) is 27.1. The summed E-state index contributed by atoms with van der Waals surface area (Å²) < 4.78 is 73.3. The second-order valence-corrected chi connectivity index (χ2v) is 14.7. The summed E-state index contributed by atoms with van der Waals surface area (Å²) in [6.07, 6.45) is 1.11. The van der Waals surface area contributed by atoms with Crippen LogP contribution in [-0.4, -0.2) is 9.97 Å². The fraction of sp³-hybridized carbons (Fsp3) is 0.234. The first kappa shape index (κ1) is 27.1. The summed E-state index contributed by atoms with van der Waals surface area (Å²) in [6, 6.07) is 36.9. The Morgan fingerprint density at radius 1 is 0.706 bits per heavy atom. The van der Waals surface area contributed by atoms with Crippen molar-refractivity contribution >= 4 is 43.5 Å². The molecule has 0 saturated carbocycles. The number of benzene rings is 5. The van der Waals surface area contributed by atoms with E-state index < -0.39 is 25.5 Å². The van der Waals surface area contributed by atoms with E-state index in [1.165, 1.54) is 23.9 Å². The monoisotopic (exact) mass is 853 g/mol. The largest absolute Gasteiger partial charge is 0.500 e. The van der Waals surface area contributed by atoms with Crippen LogP contribution in [0.3, 0.4) is 0 Å². The number of aryl methyl sites for hydroxylation is 2. The molecule has 0 bridgehead atoms. The maximum atomic E-state index is 8.91. The Morgan fingerprint density at radius 3 is 2.16 bits per heavy atom. The van der Waals surface area contributed by atoms with E-state index in [0.717, 1.165) is 32.8 Å². The quantitative estimate of drug-likeness (QED) is 0.131. The molecule has 0 amide bonds. The Labute approximate surface area is 326 Å². The van der Waals surface area contributed by atoms with Crippen LogP contribution in [0.25, 0.3) is 66.0 Å². The van der Waals surface area contributed by atoms with E-state index in [1.54, 1.807) is 20.8 Å². The summed E-state index contributed by atoms with van der Waals surface area (Å²) in [5.41, 5.74) is 3.73. The molecule has 0 atom stereocenters. The van der Waals surface area contributed by atoms with Gasteiger partial charge in [0.2, 0.25) is 0 Å². The molecule has 0 fully saturated rings. The molecule has 8 aromatic rings. The average molecular weight is 853 g/mol. The van der Waals surface area contributed by atoms with E-state index in [2.05, 4.69) is 55.0 Å². The SMILES string of the molecule is CC(C)(C)c1ccc(-c2[c-]cccc2)nc1.[2H]C([2H])([2H])c1cnc(-c2[c-]cc(C([2H])([2H])[2H])c3c2oc2c3ccc3ccc4ccccc4c32)cc1C([2H])([2H])C(C)(C)C.[Ir]. The standard InChI is InChI=1S/C32H28NO.C15H16N.Ir/c1-19-10-14-25(27-16-23(17-32(3,4)5)20(2)18-33-27)30-28(19)26-15-13-22-12-11-21-8-6-7-9-24(21)29(22)31(26)34-30;1-15(2,3)13-9-10-14(16-11-13)12-7-5-4-6-8-12;/h6-13,15-16,18H,17H2,1-5H3;4-7,9-11H,1-3H3;/q2*-1;/i1D3,2D3,17D2;;. The second kappa shape index (κ2) is 14.2. The van der Waals surface area contributed by atoms with Crippen molar-refractivity contribution in [1.82, 2.24) is 9.97 Å². The van der Waals surface area contributed by atoms with Crippen LogP contribution in [0.1, 0.15) is 74.8 Å². The first-order valence-electron chi connectivity index (χ1n) is 20.7. The van der Waals surface area contributed by atoms with Crippen molar-refractivity contribution in [3.63, 3.8) is 0 Å². The molecule has 8 rings (SSSR count). The Balaban J connectivity index is 0.000000289. The Hall–Kier alpha value is -4.63. The van der Waals surface area contributed by atoms with Gasteiger partial charge in [-0.1, -0.05) is 132 Å². The van der Waals surface area contributed by atoms with Crippen LogP contribution in [0.2, 0.25) is 0 Å². The molecule has 51 heavy (non-hydrogen) atoms. The number of hydrogen-bond acceptors (Lipinski definition) is 3. The van der Waals surface area contributed by atoms with Crippen LogP contribution in [-0.2, 0) is 31.9 Å². The van der Waals surface area contributed by atoms with Crippen molar-refractivity contribution in [1.29, 1.82) is 0 Å². The molecule has 0 saturated heterocycles. The van der Waals surface area contributed by atoms with Gasteiger partial charge in [0.25, 0.3) is 0 Å². The van der Waals surface area contributed by atoms with E-state index in [4.69, 9.17) is 15.4 Å². The minimum absolute atomic E-state index is 0. The van der Waals surface area contributed by atoms with Crippen molar-refractivity contribution in [2.75, 3.05) is 0 Å². The molecule has 0 aliphatic rings. The van der Waals surface area contributed by atoms with E-state index >= 15 is 0 Å². The van der Waals surface area contributed by atoms with Gasteiger partial charge >= 0.3 is 0 Å². The number of fused-ring (bicyclic) bond motifs is 7. The van der Waals surface area contributed by atoms with Crippen LogP contribution >= 0.6 is 0 Å². The molecule has 5 aromatic carbocycles. The smallest absolute Gasteiger partial charge is 0.129 e. The third-order valence-corrected chi connectivity index (χ3v) is 8.70. The van der Waals surface area contributed by atoms with E-state index in [0.29, 0.717) is 21.9 Å². The molecule has 0 N–H and O–H groups in total. The van der Waals surface area contributed by atoms with Gasteiger partial charge < -0.3 is 14.4 Å². The van der Waals surface area contributed by atoms with Gasteiger partial charge in [-0.2, -0.15) is 0 Å². The molecule has 0 aliphatic carbocycles. The van der Waals surface area contributed by atoms with Crippen LogP contribution in [0, 0.1) is 31.3 Å². The van der Waals surface area contributed by atoms with E-state index in [9.17, 15) is 0 Å². The van der Waals surface area contributed by atoms with Gasteiger partial charge in [-0.15, -0.1) is 53.6 Å². The molecule has 3 heterocycles. The molecule has 3 aromatic heterocycles. The van der Waals surface area contributed by atoms with Gasteiger partial charge in [-0.05, 0) is 62.7 Å². The van der Waals surface area contributed by atoms with Crippen molar-refractivity contribution in [3.8, 4) is 22.5 Å². The third kappa shape index (κ3) is 7.40. The molecule has 0 spiro atoms. The number of aromatic nitrogens is 2. The fourth-order valence-electron chi connectivity index (χ4n) is 6.21. The predicted octanol–water partition coefficient (Wildman–Crippen LogP) is 12.8. The van der Waals surface area contributed by atoms with Gasteiger partial charge in [-0.25, -0.2) is 0 Å². The van der Waals surface area contributed by atoms with Gasteiger partial charge in [-0.3, -0.25) is 0 Å². The first-order valence-corrected chi connectivity index (χ1v) is 16.7. The number of pyridine rings is 2. The molecule has 259 valence electrons. The molecular formula is C47H44IrN2O-2. The van der Waals surface area contributed by atoms with Crippen molar-refractivity contribution in [3.05, 3.63) is 144 Å². The van der Waals surface area contributed by atoms with Crippen LogP contribution in [0.4, 0.5) is 0 Å². The van der Waals surface area contributed by atoms with Gasteiger partial charge in [0.1, 0.15) is 5.58 Å². The maximum Gasteiger partial charge on any atom is 0.129 e. The number of nitrogens with zero attached hydrogens (tertiary/aromatic N) is 2. The molecule has 0 unspecified atom stereocenters. The summed E-state index contributed by atoms with van der Waals surface area (Å²) >= 11 is 0. The molecule has 4 heteroatoms. The summed E-state index contributed by atoms with van der Waals surface area (Å²) in [4.78, 5) is 8.92. The molecule has 3 nitrogen and oxygen atoms in total. The number of rotatable bonds is 3. The van der Waals surface area contributed by atoms with Gasteiger partial charge in [0.15, 0.2) is 0 Å². The molecule has 1 radical (unpaired) electrons.